The SMILES string of the molecule is O=[N+]([O-])c1nccc(C(F)F)c1Cl. The lowest BCUT2D eigenvalue weighted by Crippen LogP contribution is -1.96. The number of rotatable bonds is 2. The van der Waals surface area contributed by atoms with E-state index in [0.29, 0.717) is 0 Å². The molecule has 0 aromatic carbocycles. The summed E-state index contributed by atoms with van der Waals surface area (Å²) >= 11 is 5.31. The molecule has 0 saturated heterocycles. The molecule has 0 aliphatic carbocycles. The zero-order valence-corrected chi connectivity index (χ0v) is 6.83. The predicted octanol–water partition coefficient (Wildman–Crippen LogP) is 2.58. The van der Waals surface area contributed by atoms with Gasteiger partial charge >= 0.3 is 5.82 Å². The van der Waals surface area contributed by atoms with Gasteiger partial charge in [-0.3, -0.25) is 0 Å². The van der Waals surface area contributed by atoms with Crippen molar-refractivity contribution >= 4 is 17.4 Å². The Hall–Kier alpha value is -1.30. The summed E-state index contributed by atoms with van der Waals surface area (Å²) in [5.41, 5.74) is -0.580. The third kappa shape index (κ3) is 1.89. The van der Waals surface area contributed by atoms with Crippen LogP contribution in [0.15, 0.2) is 12.3 Å². The molecule has 1 rings (SSSR count). The van der Waals surface area contributed by atoms with Gasteiger partial charge in [-0.05, 0) is 16.0 Å². The summed E-state index contributed by atoms with van der Waals surface area (Å²) in [5.74, 6) is -0.750. The van der Waals surface area contributed by atoms with E-state index in [0.717, 1.165) is 12.3 Å². The van der Waals surface area contributed by atoms with Crippen LogP contribution in [0.3, 0.4) is 0 Å². The lowest BCUT2D eigenvalue weighted by molar-refractivity contribution is -0.389. The summed E-state index contributed by atoms with van der Waals surface area (Å²) in [5, 5.41) is 9.60. The summed E-state index contributed by atoms with van der Waals surface area (Å²) in [6.45, 7) is 0. The number of hydrogen-bond acceptors (Lipinski definition) is 3. The number of nitro groups is 1. The molecule has 0 saturated carbocycles. The zero-order chi connectivity index (χ0) is 10.0. The van der Waals surface area contributed by atoms with E-state index in [4.69, 9.17) is 11.6 Å². The van der Waals surface area contributed by atoms with Gasteiger partial charge in [-0.2, -0.15) is 0 Å². The van der Waals surface area contributed by atoms with Crippen LogP contribution in [0.2, 0.25) is 5.02 Å². The molecule has 0 atom stereocenters. The fraction of sp³-hybridized carbons (Fsp3) is 0.167. The van der Waals surface area contributed by atoms with Crippen LogP contribution in [0.5, 0.6) is 0 Å². The Morgan fingerprint density at radius 1 is 1.62 bits per heavy atom. The van der Waals surface area contributed by atoms with Crippen LogP contribution in [0.25, 0.3) is 0 Å². The van der Waals surface area contributed by atoms with Crippen LogP contribution in [0.4, 0.5) is 14.6 Å². The van der Waals surface area contributed by atoms with Crippen molar-refractivity contribution in [3.05, 3.63) is 33.0 Å². The summed E-state index contributed by atoms with van der Waals surface area (Å²) in [6, 6.07) is 0.944. The van der Waals surface area contributed by atoms with Crippen molar-refractivity contribution < 1.29 is 13.7 Å². The topological polar surface area (TPSA) is 56.0 Å². The van der Waals surface area contributed by atoms with Gasteiger partial charge in [0.05, 0.1) is 0 Å². The molecule has 0 N–H and O–H groups in total. The van der Waals surface area contributed by atoms with Crippen LogP contribution in [-0.2, 0) is 0 Å². The van der Waals surface area contributed by atoms with Gasteiger partial charge in [0.1, 0.15) is 11.2 Å². The summed E-state index contributed by atoms with van der Waals surface area (Å²) < 4.78 is 24.3. The molecule has 7 heteroatoms. The number of pyridine rings is 1. The van der Waals surface area contributed by atoms with Crippen LogP contribution in [-0.4, -0.2) is 9.91 Å². The monoisotopic (exact) mass is 208 g/mol. The molecule has 0 aliphatic heterocycles. The molecule has 1 heterocycles. The molecular weight excluding hydrogens is 206 g/mol. The van der Waals surface area contributed by atoms with Gasteiger partial charge in [0.15, 0.2) is 0 Å². The van der Waals surface area contributed by atoms with Crippen molar-refractivity contribution in [1.82, 2.24) is 4.98 Å². The molecule has 0 unspecified atom stereocenters. The highest BCUT2D eigenvalue weighted by atomic mass is 35.5. The zero-order valence-electron chi connectivity index (χ0n) is 6.08. The van der Waals surface area contributed by atoms with E-state index in [2.05, 4.69) is 4.98 Å². The lowest BCUT2D eigenvalue weighted by Gasteiger charge is -2.00. The Kier molecular flexibility index (Phi) is 2.72. The van der Waals surface area contributed by atoms with Gasteiger partial charge in [-0.25, -0.2) is 8.78 Å². The molecular formula is C6H3ClF2N2O2. The Morgan fingerprint density at radius 3 is 2.69 bits per heavy atom. The number of nitrogens with zero attached hydrogens (tertiary/aromatic N) is 2. The smallest absolute Gasteiger partial charge is 0.358 e. The Morgan fingerprint density at radius 2 is 2.23 bits per heavy atom. The summed E-state index contributed by atoms with van der Waals surface area (Å²) in [7, 11) is 0. The molecule has 0 bridgehead atoms. The first-order valence-electron chi connectivity index (χ1n) is 3.11. The van der Waals surface area contributed by atoms with E-state index in [1.54, 1.807) is 0 Å². The van der Waals surface area contributed by atoms with Crippen molar-refractivity contribution in [2.75, 3.05) is 0 Å². The van der Waals surface area contributed by atoms with E-state index < -0.39 is 27.8 Å². The maximum absolute atomic E-state index is 12.1. The minimum atomic E-state index is -2.84. The highest BCUT2D eigenvalue weighted by molar-refractivity contribution is 6.33. The maximum atomic E-state index is 12.1. The van der Waals surface area contributed by atoms with Gasteiger partial charge in [0, 0.05) is 5.56 Å². The molecule has 0 fully saturated rings. The lowest BCUT2D eigenvalue weighted by atomic mass is 10.3. The van der Waals surface area contributed by atoms with E-state index in [9.17, 15) is 18.9 Å². The number of halogens is 3. The molecule has 13 heavy (non-hydrogen) atoms. The van der Waals surface area contributed by atoms with E-state index in [1.807, 2.05) is 0 Å². The first-order chi connectivity index (χ1) is 6.04. The second kappa shape index (κ2) is 3.61. The van der Waals surface area contributed by atoms with Crippen LogP contribution < -0.4 is 0 Å². The summed E-state index contributed by atoms with van der Waals surface area (Å²) in [6.07, 6.45) is -1.92. The predicted molar refractivity (Wildman–Crippen MR) is 40.9 cm³/mol. The van der Waals surface area contributed by atoms with Crippen molar-refractivity contribution in [2.45, 2.75) is 6.43 Å². The molecule has 1 aromatic rings. The van der Waals surface area contributed by atoms with Crippen LogP contribution in [0.1, 0.15) is 12.0 Å². The Bertz CT molecular complexity index is 345. The van der Waals surface area contributed by atoms with Crippen LogP contribution >= 0.6 is 11.6 Å². The standard InChI is InChI=1S/C6H3ClF2N2O2/c7-4-3(5(8)9)1-2-10-6(4)11(12)13/h1-2,5H. The second-order valence-electron chi connectivity index (χ2n) is 2.10. The summed E-state index contributed by atoms with van der Waals surface area (Å²) in [4.78, 5) is 12.6. The second-order valence-corrected chi connectivity index (χ2v) is 2.47. The average Bonchev–Trinajstić information content (AvgIpc) is 2.03. The average molecular weight is 209 g/mol. The molecule has 1 aromatic heterocycles. The highest BCUT2D eigenvalue weighted by Gasteiger charge is 2.22. The third-order valence-electron chi connectivity index (χ3n) is 1.31. The fourth-order valence-electron chi connectivity index (χ4n) is 0.743. The van der Waals surface area contributed by atoms with Crippen molar-refractivity contribution in [1.29, 1.82) is 0 Å². The molecule has 4 nitrogen and oxygen atoms in total. The first-order valence-corrected chi connectivity index (χ1v) is 3.48. The normalized spacial score (nSPS) is 10.5. The number of aromatic nitrogens is 1. The van der Waals surface area contributed by atoms with Gasteiger partial charge in [0.25, 0.3) is 6.43 Å². The van der Waals surface area contributed by atoms with Crippen LogP contribution in [0, 0.1) is 10.1 Å². The minimum Gasteiger partial charge on any atom is -0.358 e. The van der Waals surface area contributed by atoms with Gasteiger partial charge in [-0.1, -0.05) is 11.6 Å². The quantitative estimate of drug-likeness (QED) is 0.554. The van der Waals surface area contributed by atoms with Gasteiger partial charge in [0.2, 0.25) is 0 Å². The van der Waals surface area contributed by atoms with E-state index in [1.165, 1.54) is 0 Å². The van der Waals surface area contributed by atoms with E-state index in [-0.39, 0.29) is 0 Å². The highest BCUT2D eigenvalue weighted by Crippen LogP contribution is 2.31. The Labute approximate surface area is 76.3 Å². The van der Waals surface area contributed by atoms with Gasteiger partial charge < -0.3 is 10.1 Å². The molecule has 0 spiro atoms. The molecule has 0 aliphatic rings. The number of alkyl halides is 2. The minimum absolute atomic E-state index is 0.580. The fourth-order valence-corrected chi connectivity index (χ4v) is 1.01. The van der Waals surface area contributed by atoms with Crippen molar-refractivity contribution in [2.24, 2.45) is 0 Å². The molecule has 0 amide bonds. The molecule has 70 valence electrons. The first kappa shape index (κ1) is 9.79. The van der Waals surface area contributed by atoms with Crippen molar-refractivity contribution in [3.63, 3.8) is 0 Å². The molecule has 0 radical (unpaired) electrons. The maximum Gasteiger partial charge on any atom is 0.382 e. The third-order valence-corrected chi connectivity index (χ3v) is 1.70. The van der Waals surface area contributed by atoms with Crippen molar-refractivity contribution in [3.8, 4) is 0 Å². The van der Waals surface area contributed by atoms with Gasteiger partial charge in [-0.15, -0.1) is 0 Å². The Balaban J connectivity index is 3.26. The largest absolute Gasteiger partial charge is 0.382 e. The van der Waals surface area contributed by atoms with E-state index >= 15 is 0 Å². The number of hydrogen-bond donors (Lipinski definition) is 0.